The number of rotatable bonds is 69. The predicted molar refractivity (Wildman–Crippen MR) is 417 cm³/mol. The van der Waals surface area contributed by atoms with E-state index in [-0.39, 0.29) is 12.3 Å². The first-order valence-electron chi connectivity index (χ1n) is 43.2. The molecule has 107 heavy (non-hydrogen) atoms. The Morgan fingerprint density at radius 1 is 0.486 bits per heavy atom. The summed E-state index contributed by atoms with van der Waals surface area (Å²) < 4.78 is 34.9. The number of carbonyl (C=O) groups excluding carboxylic acids is 2. The predicted octanol–water partition coefficient (Wildman–Crippen LogP) is 12.7. The fourth-order valence-corrected chi connectivity index (χ4v) is 15.1. The molecular weight excluding hydrogens is 1370 g/mol. The summed E-state index contributed by atoms with van der Waals surface area (Å²) in [6.07, 6.45) is 42.3. The number of carboxylic acid groups (broad SMARTS) is 1. The number of hydrogen-bond acceptors (Lipinski definition) is 20. The molecule has 3 heterocycles. The summed E-state index contributed by atoms with van der Waals surface area (Å²) in [4.78, 5) is 38.7. The zero-order chi connectivity index (χ0) is 78.1. The molecule has 0 saturated carbocycles. The molecule has 3 aliphatic heterocycles. The fourth-order valence-electron chi connectivity index (χ4n) is 15.1. The molecule has 18 atom stereocenters. The van der Waals surface area contributed by atoms with Gasteiger partial charge in [0.2, 0.25) is 11.8 Å². The van der Waals surface area contributed by atoms with Gasteiger partial charge in [0.1, 0.15) is 67.1 Å². The molecule has 628 valence electrons. The summed E-state index contributed by atoms with van der Waals surface area (Å²) in [5.74, 6) is -6.13. The molecule has 2 amide bonds. The highest BCUT2D eigenvalue weighted by molar-refractivity contribution is 5.77. The van der Waals surface area contributed by atoms with E-state index in [2.05, 4.69) is 36.6 Å². The number of carbonyl (C=O) groups is 3. The van der Waals surface area contributed by atoms with Crippen molar-refractivity contribution in [3.63, 3.8) is 0 Å². The number of hydrogen-bond donors (Lipinski definition) is 14. The van der Waals surface area contributed by atoms with Crippen molar-refractivity contribution in [2.24, 2.45) is 0 Å². The van der Waals surface area contributed by atoms with Crippen molar-refractivity contribution in [1.82, 2.24) is 10.6 Å². The van der Waals surface area contributed by atoms with Crippen LogP contribution in [0.4, 0.5) is 0 Å². The van der Waals surface area contributed by atoms with Crippen molar-refractivity contribution < 1.29 is 104 Å². The molecule has 0 spiro atoms. The lowest BCUT2D eigenvalue weighted by Gasteiger charge is -2.50. The summed E-state index contributed by atoms with van der Waals surface area (Å²) in [6, 6.07) is -2.62. The lowest BCUT2D eigenvalue weighted by molar-refractivity contribution is -0.386. The molecule has 23 nitrogen and oxygen atoms in total. The number of amides is 2. The Morgan fingerprint density at radius 3 is 1.27 bits per heavy atom. The fraction of sp³-hybridized carbons (Fsp3) is 0.917. The third-order valence-electron chi connectivity index (χ3n) is 21.9. The van der Waals surface area contributed by atoms with Crippen LogP contribution in [0.25, 0.3) is 0 Å². The lowest BCUT2D eigenvalue weighted by atomic mass is 9.88. The van der Waals surface area contributed by atoms with Gasteiger partial charge in [-0.15, -0.1) is 0 Å². The molecule has 0 radical (unpaired) electrons. The van der Waals surface area contributed by atoms with Gasteiger partial charge >= 0.3 is 5.97 Å². The first-order valence-corrected chi connectivity index (χ1v) is 43.2. The Hall–Kier alpha value is -2.79. The van der Waals surface area contributed by atoms with E-state index < -0.39 is 155 Å². The maximum atomic E-state index is 13.6. The molecule has 3 aliphatic rings. The Labute approximate surface area is 644 Å². The van der Waals surface area contributed by atoms with E-state index in [1.54, 1.807) is 6.08 Å². The highest BCUT2D eigenvalue weighted by Crippen LogP contribution is 2.39. The zero-order valence-corrected chi connectivity index (χ0v) is 66.8. The van der Waals surface area contributed by atoms with E-state index in [9.17, 15) is 75.7 Å². The highest BCUT2D eigenvalue weighted by Gasteiger charge is 2.60. The molecule has 0 aromatic carbocycles. The van der Waals surface area contributed by atoms with Crippen LogP contribution in [0.5, 0.6) is 0 Å². The SMILES string of the molecule is CCCCCCCCCCCCCCCC/C=C\CCCCCCCCCCCCCCCCCCCC(=O)NC(COC1OC(CO)C(OC2OC(CO)C(O)C(OC3(C(=O)O)CC(O)C(NC(C)=O)C(C(O)C(O)CO)O3)C2O)C(O)C1O)C(O)/C=C/CCCCCCCCCCCCCCCCCC. The van der Waals surface area contributed by atoms with Gasteiger partial charge in [0.25, 0.3) is 5.79 Å². The standard InChI is InChI=1S/C84H156N2O21/c1-4-6-8-10-12-14-16-18-20-22-24-25-26-27-28-29-30-31-32-33-34-35-36-37-38-39-40-42-44-46-48-50-52-54-56-58-71(94)86-65(66(91)57-55-53-51-49-47-45-43-41-23-21-19-17-15-13-11-9-7-5-2)63-102-81-76(98)75(97)78(70(62-89)104-81)105-82-77(99)80(74(96)69(61-88)103-82)107-84(83(100)101)59-67(92)72(85-64(3)90)79(106-84)73(95)68(93)60-87/h29-30,55,57,65-70,72-82,87-89,91-93,95-99H,4-28,31-54,56,58-63H2,1-3H3,(H,85,90)(H,86,94)(H,100,101)/b30-29-,57-55+. The Kier molecular flexibility index (Phi) is 57.6. The number of aliphatic carboxylic acids is 1. The van der Waals surface area contributed by atoms with Crippen LogP contribution < -0.4 is 10.6 Å². The van der Waals surface area contributed by atoms with Crippen LogP contribution in [0.3, 0.4) is 0 Å². The average Bonchev–Trinajstić information content (AvgIpc) is 0.754. The summed E-state index contributed by atoms with van der Waals surface area (Å²) in [5, 5.41) is 136. The minimum Gasteiger partial charge on any atom is -0.477 e. The van der Waals surface area contributed by atoms with Crippen molar-refractivity contribution >= 4 is 17.8 Å². The van der Waals surface area contributed by atoms with Gasteiger partial charge in [-0.2, -0.15) is 0 Å². The van der Waals surface area contributed by atoms with Gasteiger partial charge in [0, 0.05) is 19.8 Å². The van der Waals surface area contributed by atoms with Crippen molar-refractivity contribution in [3.05, 3.63) is 24.3 Å². The van der Waals surface area contributed by atoms with E-state index in [1.807, 2.05) is 6.08 Å². The second-order valence-electron chi connectivity index (χ2n) is 31.4. The van der Waals surface area contributed by atoms with Crippen molar-refractivity contribution in [2.75, 3.05) is 26.4 Å². The molecule has 0 bridgehead atoms. The van der Waals surface area contributed by atoms with Crippen LogP contribution in [0.1, 0.15) is 355 Å². The van der Waals surface area contributed by atoms with E-state index in [1.165, 1.54) is 263 Å². The van der Waals surface area contributed by atoms with E-state index in [0.29, 0.717) is 12.8 Å². The number of ether oxygens (including phenoxy) is 6. The summed E-state index contributed by atoms with van der Waals surface area (Å²) in [6.45, 7) is 2.19. The number of aliphatic hydroxyl groups is 11. The Balaban J connectivity index is 1.44. The minimum atomic E-state index is -3.08. The van der Waals surface area contributed by atoms with Crippen molar-refractivity contribution in [3.8, 4) is 0 Å². The van der Waals surface area contributed by atoms with Crippen LogP contribution in [0.15, 0.2) is 24.3 Å². The first kappa shape index (κ1) is 98.4. The molecule has 0 aliphatic carbocycles. The van der Waals surface area contributed by atoms with E-state index in [4.69, 9.17) is 28.4 Å². The van der Waals surface area contributed by atoms with Crippen LogP contribution in [-0.4, -0.2) is 215 Å². The molecule has 3 rings (SSSR count). The van der Waals surface area contributed by atoms with E-state index in [0.717, 1.165) is 51.9 Å². The second-order valence-corrected chi connectivity index (χ2v) is 31.4. The third kappa shape index (κ3) is 42.2. The minimum absolute atomic E-state index is 0.203. The summed E-state index contributed by atoms with van der Waals surface area (Å²) in [7, 11) is 0. The van der Waals surface area contributed by atoms with Gasteiger partial charge in [0.15, 0.2) is 12.6 Å². The molecule has 0 aromatic rings. The Bertz CT molecular complexity index is 2220. The molecule has 23 heteroatoms. The molecular formula is C84H156N2O21. The van der Waals surface area contributed by atoms with Crippen LogP contribution >= 0.6 is 0 Å². The van der Waals surface area contributed by atoms with Crippen molar-refractivity contribution in [2.45, 2.75) is 464 Å². The topological polar surface area (TPSA) is 373 Å². The van der Waals surface area contributed by atoms with Gasteiger partial charge in [-0.25, -0.2) is 4.79 Å². The number of carboxylic acids is 1. The number of aliphatic hydroxyl groups excluding tert-OH is 11. The average molecular weight is 1530 g/mol. The molecule has 3 saturated heterocycles. The third-order valence-corrected chi connectivity index (χ3v) is 21.9. The maximum Gasteiger partial charge on any atom is 0.364 e. The quantitative estimate of drug-likeness (QED) is 0.0199. The van der Waals surface area contributed by atoms with Gasteiger partial charge < -0.3 is 100 Å². The van der Waals surface area contributed by atoms with Gasteiger partial charge in [-0.3, -0.25) is 9.59 Å². The Morgan fingerprint density at radius 2 is 0.879 bits per heavy atom. The molecule has 18 unspecified atom stereocenters. The monoisotopic (exact) mass is 1530 g/mol. The molecule has 0 aromatic heterocycles. The highest BCUT2D eigenvalue weighted by atomic mass is 16.8. The molecule has 14 N–H and O–H groups in total. The first-order chi connectivity index (χ1) is 51.9. The maximum absolute atomic E-state index is 13.6. The summed E-state index contributed by atoms with van der Waals surface area (Å²) >= 11 is 0. The van der Waals surface area contributed by atoms with Gasteiger partial charge in [0.05, 0.1) is 50.7 Å². The van der Waals surface area contributed by atoms with Crippen LogP contribution in [0, 0.1) is 0 Å². The normalized spacial score (nSPS) is 26.1. The second kappa shape index (κ2) is 62.6. The van der Waals surface area contributed by atoms with Crippen LogP contribution in [0.2, 0.25) is 0 Å². The largest absolute Gasteiger partial charge is 0.477 e. The smallest absolute Gasteiger partial charge is 0.364 e. The zero-order valence-electron chi connectivity index (χ0n) is 66.8. The van der Waals surface area contributed by atoms with Gasteiger partial charge in [-0.1, -0.05) is 314 Å². The van der Waals surface area contributed by atoms with Crippen molar-refractivity contribution in [1.29, 1.82) is 0 Å². The molecule has 3 fully saturated rings. The van der Waals surface area contributed by atoms with Gasteiger partial charge in [-0.05, 0) is 44.9 Å². The number of unbranched alkanes of at least 4 members (excludes halogenated alkanes) is 47. The number of nitrogens with one attached hydrogen (secondary N) is 2. The number of allylic oxidation sites excluding steroid dienone is 3. The van der Waals surface area contributed by atoms with Crippen LogP contribution in [-0.2, 0) is 42.8 Å². The summed E-state index contributed by atoms with van der Waals surface area (Å²) in [5.41, 5.74) is 0. The lowest BCUT2D eigenvalue weighted by Crippen LogP contribution is -2.70. The van der Waals surface area contributed by atoms with E-state index >= 15 is 0 Å².